The van der Waals surface area contributed by atoms with E-state index in [0.717, 1.165) is 31.3 Å². The summed E-state index contributed by atoms with van der Waals surface area (Å²) in [7, 11) is -1.72. The van der Waals surface area contributed by atoms with Gasteiger partial charge in [0.1, 0.15) is 5.70 Å². The van der Waals surface area contributed by atoms with Gasteiger partial charge in [-0.25, -0.2) is 4.79 Å². The summed E-state index contributed by atoms with van der Waals surface area (Å²) >= 11 is 0. The minimum atomic E-state index is -1.72. The van der Waals surface area contributed by atoms with Gasteiger partial charge >= 0.3 is 5.97 Å². The maximum absolute atomic E-state index is 12.6. The Kier molecular flexibility index (Phi) is 3.72. The molecule has 6 heteroatoms. The Morgan fingerprint density at radius 3 is 2.64 bits per heavy atom. The Labute approximate surface area is 132 Å². The van der Waals surface area contributed by atoms with Crippen LogP contribution in [0.1, 0.15) is 32.6 Å². The SMILES string of the molecule is C[C@@H](O[Si](C)(C)C)[C@H]1C(=O)N2C(C(=O)O)=C3CCCC[C@@H]3[C@H]12. The highest BCUT2D eigenvalue weighted by atomic mass is 28.4. The predicted octanol–water partition coefficient (Wildman–Crippen LogP) is 2.60. The summed E-state index contributed by atoms with van der Waals surface area (Å²) in [6, 6.07) is 0.0141. The number of carboxylic acid groups (broad SMARTS) is 1. The Balaban J connectivity index is 1.87. The van der Waals surface area contributed by atoms with Crippen LogP contribution in [0.3, 0.4) is 0 Å². The van der Waals surface area contributed by atoms with Crippen LogP contribution in [0.5, 0.6) is 0 Å². The van der Waals surface area contributed by atoms with E-state index in [1.807, 2.05) is 6.92 Å². The van der Waals surface area contributed by atoms with Crippen LogP contribution >= 0.6 is 0 Å². The first-order chi connectivity index (χ1) is 10.2. The first-order valence-electron chi connectivity index (χ1n) is 8.19. The molecule has 0 radical (unpaired) electrons. The summed E-state index contributed by atoms with van der Waals surface area (Å²) < 4.78 is 6.12. The van der Waals surface area contributed by atoms with E-state index in [2.05, 4.69) is 19.6 Å². The fourth-order valence-electron chi connectivity index (χ4n) is 4.44. The number of hydrogen-bond donors (Lipinski definition) is 1. The number of hydrogen-bond acceptors (Lipinski definition) is 3. The van der Waals surface area contributed by atoms with Gasteiger partial charge in [0.15, 0.2) is 8.32 Å². The van der Waals surface area contributed by atoms with Gasteiger partial charge in [0.2, 0.25) is 5.91 Å². The van der Waals surface area contributed by atoms with Gasteiger partial charge in [0.05, 0.1) is 18.1 Å². The third kappa shape index (κ3) is 2.32. The van der Waals surface area contributed by atoms with Crippen molar-refractivity contribution >= 4 is 20.2 Å². The van der Waals surface area contributed by atoms with Gasteiger partial charge in [-0.2, -0.15) is 0 Å². The Morgan fingerprint density at radius 2 is 2.05 bits per heavy atom. The number of carbonyl (C=O) groups excluding carboxylic acids is 1. The van der Waals surface area contributed by atoms with E-state index in [1.54, 1.807) is 4.90 Å². The fraction of sp³-hybridized carbons (Fsp3) is 0.750. The van der Waals surface area contributed by atoms with Gasteiger partial charge in [-0.05, 0) is 51.4 Å². The second-order valence-corrected chi connectivity index (χ2v) is 12.2. The highest BCUT2D eigenvalue weighted by molar-refractivity contribution is 6.69. The minimum Gasteiger partial charge on any atom is -0.477 e. The van der Waals surface area contributed by atoms with Crippen molar-refractivity contribution in [1.82, 2.24) is 4.90 Å². The van der Waals surface area contributed by atoms with Gasteiger partial charge in [-0.3, -0.25) is 4.79 Å². The molecular weight excluding hydrogens is 298 g/mol. The predicted molar refractivity (Wildman–Crippen MR) is 84.6 cm³/mol. The lowest BCUT2D eigenvalue weighted by atomic mass is 9.72. The molecule has 22 heavy (non-hydrogen) atoms. The molecule has 3 aliphatic rings. The molecule has 3 rings (SSSR count). The summed E-state index contributed by atoms with van der Waals surface area (Å²) in [5, 5.41) is 9.53. The van der Waals surface area contributed by atoms with Gasteiger partial charge in [0, 0.05) is 5.92 Å². The van der Waals surface area contributed by atoms with Crippen LogP contribution in [-0.2, 0) is 14.0 Å². The molecule has 1 aliphatic carbocycles. The third-order valence-electron chi connectivity index (χ3n) is 5.05. The molecule has 2 aliphatic heterocycles. The molecule has 5 nitrogen and oxygen atoms in total. The van der Waals surface area contributed by atoms with Crippen molar-refractivity contribution in [3.05, 3.63) is 11.3 Å². The molecule has 1 amide bonds. The quantitative estimate of drug-likeness (QED) is 0.638. The number of fused-ring (bicyclic) bond motifs is 3. The molecule has 0 aromatic heterocycles. The maximum Gasteiger partial charge on any atom is 0.352 e. The average molecular weight is 323 g/mol. The third-order valence-corrected chi connectivity index (χ3v) is 6.13. The van der Waals surface area contributed by atoms with E-state index in [4.69, 9.17) is 4.43 Å². The molecule has 0 aromatic carbocycles. The van der Waals surface area contributed by atoms with Crippen LogP contribution in [0.15, 0.2) is 11.3 Å². The standard InChI is InChI=1S/C16H25NO4Si/c1-9(21-22(2,3)4)12-13-10-7-5-6-8-11(10)14(16(19)20)17(13)15(12)18/h9-10,12-13H,5-8H2,1-4H3,(H,19,20)/t9-,10+,12-,13-/m1/s1. The molecular formula is C16H25NO4Si. The molecule has 0 unspecified atom stereocenters. The largest absolute Gasteiger partial charge is 0.477 e. The number of carbonyl (C=O) groups is 2. The zero-order valence-electron chi connectivity index (χ0n) is 13.8. The van der Waals surface area contributed by atoms with Gasteiger partial charge < -0.3 is 14.4 Å². The lowest BCUT2D eigenvalue weighted by molar-refractivity contribution is -0.162. The second kappa shape index (κ2) is 5.20. The Hall–Kier alpha value is -1.14. The second-order valence-electron chi connectivity index (χ2n) is 7.69. The van der Waals surface area contributed by atoms with Crippen molar-refractivity contribution < 1.29 is 19.1 Å². The average Bonchev–Trinajstić information content (AvgIpc) is 2.68. The lowest BCUT2D eigenvalue weighted by Crippen LogP contribution is -2.65. The molecule has 2 fully saturated rings. The molecule has 0 bridgehead atoms. The maximum atomic E-state index is 12.6. The van der Waals surface area contributed by atoms with E-state index >= 15 is 0 Å². The highest BCUT2D eigenvalue weighted by Gasteiger charge is 2.61. The molecule has 0 aromatic rings. The Bertz CT molecular complexity index is 551. The van der Waals surface area contributed by atoms with Crippen LogP contribution < -0.4 is 0 Å². The summed E-state index contributed by atoms with van der Waals surface area (Å²) in [6.07, 6.45) is 3.84. The van der Waals surface area contributed by atoms with Crippen molar-refractivity contribution in [2.75, 3.05) is 0 Å². The monoisotopic (exact) mass is 323 g/mol. The number of β-lactam (4-membered cyclic amide) rings is 1. The number of amides is 1. The van der Waals surface area contributed by atoms with E-state index in [9.17, 15) is 14.7 Å². The first-order valence-corrected chi connectivity index (χ1v) is 11.6. The van der Waals surface area contributed by atoms with Crippen molar-refractivity contribution in [2.24, 2.45) is 11.8 Å². The number of nitrogens with zero attached hydrogens (tertiary/aromatic N) is 1. The summed E-state index contributed by atoms with van der Waals surface area (Å²) in [5.74, 6) is -0.957. The molecule has 1 N–H and O–H groups in total. The number of rotatable bonds is 4. The zero-order valence-corrected chi connectivity index (χ0v) is 14.8. The molecule has 1 saturated heterocycles. The first kappa shape index (κ1) is 15.7. The number of aliphatic carboxylic acids is 1. The smallest absolute Gasteiger partial charge is 0.352 e. The van der Waals surface area contributed by atoms with E-state index in [-0.39, 0.29) is 35.6 Å². The molecule has 122 valence electrons. The zero-order chi connectivity index (χ0) is 16.2. The van der Waals surface area contributed by atoms with Gasteiger partial charge in [-0.15, -0.1) is 0 Å². The van der Waals surface area contributed by atoms with Crippen LogP contribution in [0.2, 0.25) is 19.6 Å². The van der Waals surface area contributed by atoms with Crippen LogP contribution in [0, 0.1) is 11.8 Å². The summed E-state index contributed by atoms with van der Waals surface area (Å²) in [4.78, 5) is 25.8. The van der Waals surface area contributed by atoms with E-state index in [1.165, 1.54) is 0 Å². The van der Waals surface area contributed by atoms with Gasteiger partial charge in [0.25, 0.3) is 0 Å². The molecule has 1 saturated carbocycles. The van der Waals surface area contributed by atoms with Crippen molar-refractivity contribution in [1.29, 1.82) is 0 Å². The van der Waals surface area contributed by atoms with E-state index in [0.29, 0.717) is 0 Å². The van der Waals surface area contributed by atoms with Crippen molar-refractivity contribution in [3.63, 3.8) is 0 Å². The van der Waals surface area contributed by atoms with Crippen molar-refractivity contribution in [3.8, 4) is 0 Å². The topological polar surface area (TPSA) is 66.8 Å². The van der Waals surface area contributed by atoms with Crippen LogP contribution in [0.4, 0.5) is 0 Å². The fourth-order valence-corrected chi connectivity index (χ4v) is 5.70. The van der Waals surface area contributed by atoms with Crippen LogP contribution in [0.25, 0.3) is 0 Å². The number of carboxylic acids is 1. The van der Waals surface area contributed by atoms with E-state index < -0.39 is 14.3 Å². The molecule has 2 heterocycles. The molecule has 4 atom stereocenters. The molecule has 0 spiro atoms. The Morgan fingerprint density at radius 1 is 1.36 bits per heavy atom. The van der Waals surface area contributed by atoms with Crippen LogP contribution in [-0.4, -0.2) is 42.3 Å². The van der Waals surface area contributed by atoms with Gasteiger partial charge in [-0.1, -0.05) is 6.42 Å². The summed E-state index contributed by atoms with van der Waals surface area (Å²) in [5.41, 5.74) is 1.27. The minimum absolute atomic E-state index is 0.0141. The van der Waals surface area contributed by atoms with Crippen molar-refractivity contribution in [2.45, 2.75) is 64.4 Å². The summed E-state index contributed by atoms with van der Waals surface area (Å²) in [6.45, 7) is 8.32. The highest BCUT2D eigenvalue weighted by Crippen LogP contribution is 2.52. The lowest BCUT2D eigenvalue weighted by Gasteiger charge is -2.49. The normalized spacial score (nSPS) is 32.5.